The minimum absolute atomic E-state index is 0.0757. The Hall–Kier alpha value is -0.570. The summed E-state index contributed by atoms with van der Waals surface area (Å²) in [7, 11) is 0. The van der Waals surface area contributed by atoms with Crippen LogP contribution in [0.5, 0.6) is 0 Å². The summed E-state index contributed by atoms with van der Waals surface area (Å²) >= 11 is 0. The summed E-state index contributed by atoms with van der Waals surface area (Å²) in [5, 5.41) is 13.0. The predicted octanol–water partition coefficient (Wildman–Crippen LogP) is 3.65. The fourth-order valence-corrected chi connectivity index (χ4v) is 3.10. The molecule has 0 aromatic carbocycles. The van der Waals surface area contributed by atoms with Gasteiger partial charge in [-0.15, -0.1) is 0 Å². The molecule has 0 heterocycles. The molecule has 1 rings (SSSR count). The van der Waals surface area contributed by atoms with Crippen molar-refractivity contribution in [3.05, 3.63) is 0 Å². The lowest BCUT2D eigenvalue weighted by molar-refractivity contribution is -0.125. The molecule has 0 spiro atoms. The third-order valence-electron chi connectivity index (χ3n) is 4.54. The molecule has 118 valence electrons. The number of aliphatic hydroxyl groups is 1. The third-order valence-corrected chi connectivity index (χ3v) is 4.54. The minimum atomic E-state index is -0.316. The molecule has 3 heteroatoms. The molecule has 0 bridgehead atoms. The first kappa shape index (κ1) is 17.5. The zero-order chi connectivity index (χ0) is 14.8. The molecular formula is C17H33NO2. The zero-order valence-electron chi connectivity index (χ0n) is 13.4. The van der Waals surface area contributed by atoms with Crippen LogP contribution < -0.4 is 5.32 Å². The van der Waals surface area contributed by atoms with Crippen LogP contribution in [0.2, 0.25) is 0 Å². The van der Waals surface area contributed by atoms with Crippen LogP contribution in [0, 0.1) is 11.8 Å². The molecule has 0 radical (unpaired) electrons. The summed E-state index contributed by atoms with van der Waals surface area (Å²) in [6, 6.07) is 0. The van der Waals surface area contributed by atoms with E-state index in [2.05, 4.69) is 12.2 Å². The monoisotopic (exact) mass is 283 g/mol. The van der Waals surface area contributed by atoms with Gasteiger partial charge in [0, 0.05) is 12.5 Å². The van der Waals surface area contributed by atoms with Crippen molar-refractivity contribution < 1.29 is 9.90 Å². The highest BCUT2D eigenvalue weighted by Crippen LogP contribution is 2.28. The molecule has 1 aliphatic carbocycles. The summed E-state index contributed by atoms with van der Waals surface area (Å²) in [4.78, 5) is 11.8. The largest absolute Gasteiger partial charge is 0.393 e. The second-order valence-electron chi connectivity index (χ2n) is 6.52. The molecule has 0 aromatic heterocycles. The van der Waals surface area contributed by atoms with E-state index >= 15 is 0 Å². The van der Waals surface area contributed by atoms with E-state index in [0.29, 0.717) is 6.42 Å². The van der Waals surface area contributed by atoms with Crippen LogP contribution in [0.4, 0.5) is 0 Å². The smallest absolute Gasteiger partial charge is 0.222 e. The molecule has 0 saturated heterocycles. The van der Waals surface area contributed by atoms with Crippen LogP contribution in [0.1, 0.15) is 78.1 Å². The molecule has 3 nitrogen and oxygen atoms in total. The van der Waals surface area contributed by atoms with Crippen LogP contribution in [0.3, 0.4) is 0 Å². The Kier molecular flexibility index (Phi) is 8.92. The Balaban J connectivity index is 2.13. The highest BCUT2D eigenvalue weighted by atomic mass is 16.3. The summed E-state index contributed by atoms with van der Waals surface area (Å²) in [5.41, 5.74) is 0. The fraction of sp³-hybridized carbons (Fsp3) is 0.941. The van der Waals surface area contributed by atoms with Crippen molar-refractivity contribution in [2.45, 2.75) is 84.2 Å². The molecule has 0 aliphatic heterocycles. The van der Waals surface area contributed by atoms with E-state index in [1.807, 2.05) is 6.92 Å². The first-order chi connectivity index (χ1) is 9.63. The molecule has 0 aromatic rings. The van der Waals surface area contributed by atoms with E-state index in [9.17, 15) is 9.90 Å². The molecule has 2 atom stereocenters. The van der Waals surface area contributed by atoms with Gasteiger partial charge in [-0.1, -0.05) is 52.4 Å². The van der Waals surface area contributed by atoms with E-state index in [1.54, 1.807) is 0 Å². The Labute approximate surface area is 124 Å². The van der Waals surface area contributed by atoms with Gasteiger partial charge >= 0.3 is 0 Å². The first-order valence-electron chi connectivity index (χ1n) is 8.59. The van der Waals surface area contributed by atoms with Gasteiger partial charge in [0.25, 0.3) is 0 Å². The summed E-state index contributed by atoms with van der Waals surface area (Å²) in [6.45, 7) is 4.80. The van der Waals surface area contributed by atoms with Gasteiger partial charge in [0.1, 0.15) is 0 Å². The van der Waals surface area contributed by atoms with E-state index in [0.717, 1.165) is 38.1 Å². The van der Waals surface area contributed by atoms with Crippen molar-refractivity contribution in [1.29, 1.82) is 0 Å². The Bertz CT molecular complexity index is 262. The lowest BCUT2D eigenvalue weighted by Crippen LogP contribution is -2.32. The Morgan fingerprint density at radius 3 is 2.65 bits per heavy atom. The average molecular weight is 283 g/mol. The lowest BCUT2D eigenvalue weighted by Gasteiger charge is -2.23. The third kappa shape index (κ3) is 7.28. The van der Waals surface area contributed by atoms with Gasteiger partial charge in [0.15, 0.2) is 0 Å². The number of carbonyl (C=O) groups excluding carboxylic acids is 1. The summed E-state index contributed by atoms with van der Waals surface area (Å²) in [5.74, 6) is 0.829. The second kappa shape index (κ2) is 10.2. The van der Waals surface area contributed by atoms with Crippen molar-refractivity contribution in [3.63, 3.8) is 0 Å². The molecule has 20 heavy (non-hydrogen) atoms. The van der Waals surface area contributed by atoms with Gasteiger partial charge < -0.3 is 10.4 Å². The van der Waals surface area contributed by atoms with E-state index in [4.69, 9.17) is 0 Å². The standard InChI is InChI=1S/C17H33NO2/c1-3-4-12-18-17(20)14(2)13-16(19)11-10-15-8-6-5-7-9-15/h14-16,19H,3-13H2,1-2H3,(H,18,20). The maximum absolute atomic E-state index is 11.8. The van der Waals surface area contributed by atoms with Crippen molar-refractivity contribution in [3.8, 4) is 0 Å². The van der Waals surface area contributed by atoms with Crippen molar-refractivity contribution in [2.24, 2.45) is 11.8 Å². The summed E-state index contributed by atoms with van der Waals surface area (Å²) in [6.07, 6.45) is 11.2. The number of unbranched alkanes of at least 4 members (excludes halogenated alkanes) is 1. The molecule has 1 aliphatic rings. The Morgan fingerprint density at radius 1 is 1.30 bits per heavy atom. The topological polar surface area (TPSA) is 49.3 Å². The van der Waals surface area contributed by atoms with Crippen molar-refractivity contribution >= 4 is 5.91 Å². The van der Waals surface area contributed by atoms with Crippen LogP contribution in [0.25, 0.3) is 0 Å². The maximum Gasteiger partial charge on any atom is 0.222 e. The number of rotatable bonds is 9. The predicted molar refractivity (Wildman–Crippen MR) is 83.5 cm³/mol. The number of amides is 1. The van der Waals surface area contributed by atoms with E-state index in [-0.39, 0.29) is 17.9 Å². The average Bonchev–Trinajstić information content (AvgIpc) is 2.46. The zero-order valence-corrected chi connectivity index (χ0v) is 13.4. The number of aliphatic hydroxyl groups excluding tert-OH is 1. The van der Waals surface area contributed by atoms with Gasteiger partial charge in [-0.25, -0.2) is 0 Å². The van der Waals surface area contributed by atoms with Crippen LogP contribution in [-0.2, 0) is 4.79 Å². The van der Waals surface area contributed by atoms with Crippen LogP contribution in [-0.4, -0.2) is 23.7 Å². The lowest BCUT2D eigenvalue weighted by atomic mass is 9.85. The quantitative estimate of drug-likeness (QED) is 0.635. The number of hydrogen-bond acceptors (Lipinski definition) is 2. The number of hydrogen-bond donors (Lipinski definition) is 2. The second-order valence-corrected chi connectivity index (χ2v) is 6.52. The minimum Gasteiger partial charge on any atom is -0.393 e. The normalized spacial score (nSPS) is 19.6. The van der Waals surface area contributed by atoms with Gasteiger partial charge in [-0.05, 0) is 31.6 Å². The maximum atomic E-state index is 11.8. The molecule has 1 fully saturated rings. The fourth-order valence-electron chi connectivity index (χ4n) is 3.10. The highest BCUT2D eigenvalue weighted by Gasteiger charge is 2.19. The molecule has 2 unspecified atom stereocenters. The summed E-state index contributed by atoms with van der Waals surface area (Å²) < 4.78 is 0. The van der Waals surface area contributed by atoms with Gasteiger partial charge in [-0.2, -0.15) is 0 Å². The van der Waals surface area contributed by atoms with Gasteiger partial charge in [0.2, 0.25) is 5.91 Å². The molecular weight excluding hydrogens is 250 g/mol. The van der Waals surface area contributed by atoms with Gasteiger partial charge in [-0.3, -0.25) is 4.79 Å². The molecule has 1 saturated carbocycles. The number of carbonyl (C=O) groups is 1. The first-order valence-corrected chi connectivity index (χ1v) is 8.59. The van der Waals surface area contributed by atoms with Crippen molar-refractivity contribution in [1.82, 2.24) is 5.32 Å². The van der Waals surface area contributed by atoms with Crippen molar-refractivity contribution in [2.75, 3.05) is 6.54 Å². The van der Waals surface area contributed by atoms with Crippen LogP contribution in [0.15, 0.2) is 0 Å². The van der Waals surface area contributed by atoms with Gasteiger partial charge in [0.05, 0.1) is 6.10 Å². The van der Waals surface area contributed by atoms with E-state index in [1.165, 1.54) is 32.1 Å². The Morgan fingerprint density at radius 2 is 2.00 bits per heavy atom. The molecule has 2 N–H and O–H groups in total. The SMILES string of the molecule is CCCCNC(=O)C(C)CC(O)CCC1CCCCC1. The van der Waals surface area contributed by atoms with Crippen LogP contribution >= 0.6 is 0 Å². The van der Waals surface area contributed by atoms with E-state index < -0.39 is 0 Å². The number of nitrogens with one attached hydrogen (secondary N) is 1. The highest BCUT2D eigenvalue weighted by molar-refractivity contribution is 5.78. The molecule has 1 amide bonds.